The number of nitrogens with zero attached hydrogens (tertiary/aromatic N) is 1. The van der Waals surface area contributed by atoms with E-state index >= 15 is 0 Å². The van der Waals surface area contributed by atoms with Gasteiger partial charge in [0, 0.05) is 17.2 Å². The Labute approximate surface area is 172 Å². The number of rotatable bonds is 8. The van der Waals surface area contributed by atoms with E-state index < -0.39 is 11.8 Å². The lowest BCUT2D eigenvalue weighted by Gasteiger charge is -2.14. The lowest BCUT2D eigenvalue weighted by Crippen LogP contribution is -2.34. The number of halogens is 1. The van der Waals surface area contributed by atoms with Gasteiger partial charge < -0.3 is 15.2 Å². The third-order valence-corrected chi connectivity index (χ3v) is 4.59. The molecule has 0 aliphatic carbocycles. The van der Waals surface area contributed by atoms with Crippen molar-refractivity contribution in [1.29, 1.82) is 0 Å². The predicted molar refractivity (Wildman–Crippen MR) is 108 cm³/mol. The number of carbonyl (C=O) groups excluding carboxylic acids is 3. The molecule has 0 aromatic heterocycles. The van der Waals surface area contributed by atoms with Gasteiger partial charge in [0.05, 0.1) is 30.5 Å². The average molecular weight is 415 g/mol. The van der Waals surface area contributed by atoms with E-state index in [1.807, 2.05) is 6.92 Å². The molecule has 150 valence electrons. The van der Waals surface area contributed by atoms with E-state index in [4.69, 9.17) is 21.4 Å². The zero-order chi connectivity index (χ0) is 21.0. The van der Waals surface area contributed by atoms with Crippen LogP contribution in [0.25, 0.3) is 0 Å². The Balaban J connectivity index is 1.81. The van der Waals surface area contributed by atoms with Crippen LogP contribution >= 0.6 is 11.6 Å². The molecule has 1 aliphatic rings. The van der Waals surface area contributed by atoms with Crippen LogP contribution in [0.15, 0.2) is 54.2 Å². The average Bonchev–Trinajstić information content (AvgIpc) is 2.98. The molecule has 0 fully saturated rings. The molecule has 2 aromatic rings. The lowest BCUT2D eigenvalue weighted by molar-refractivity contribution is -0.137. The maximum atomic E-state index is 12.8. The third-order valence-electron chi connectivity index (χ3n) is 4.26. The van der Waals surface area contributed by atoms with Crippen molar-refractivity contribution in [2.75, 3.05) is 25.1 Å². The molecular formula is C21H19ClN2O5. The van der Waals surface area contributed by atoms with E-state index in [0.29, 0.717) is 29.2 Å². The van der Waals surface area contributed by atoms with Gasteiger partial charge in [-0.25, -0.2) is 0 Å². The summed E-state index contributed by atoms with van der Waals surface area (Å²) in [6.45, 7) is 1.99. The minimum atomic E-state index is -0.566. The molecule has 0 saturated heterocycles. The summed E-state index contributed by atoms with van der Waals surface area (Å²) in [5.41, 5.74) is 1.19. The van der Waals surface area contributed by atoms with Crippen LogP contribution in [0.1, 0.15) is 22.8 Å². The molecule has 2 amide bonds. The Morgan fingerprint density at radius 1 is 1.14 bits per heavy atom. The van der Waals surface area contributed by atoms with Crippen molar-refractivity contribution in [2.45, 2.75) is 6.92 Å². The van der Waals surface area contributed by atoms with Crippen molar-refractivity contribution in [3.05, 3.63) is 70.4 Å². The number of ether oxygens (including phenoxy) is 1. The van der Waals surface area contributed by atoms with Crippen LogP contribution in [0.5, 0.6) is 5.75 Å². The summed E-state index contributed by atoms with van der Waals surface area (Å²) >= 11 is 6.20. The largest absolute Gasteiger partial charge is 0.494 e. The van der Waals surface area contributed by atoms with Crippen molar-refractivity contribution in [3.63, 3.8) is 0 Å². The Morgan fingerprint density at radius 2 is 1.83 bits per heavy atom. The number of ketones is 1. The molecule has 0 spiro atoms. The fourth-order valence-electron chi connectivity index (χ4n) is 2.85. The first kappa shape index (κ1) is 20.6. The Bertz CT molecular complexity index is 985. The molecule has 2 aromatic carbocycles. The highest BCUT2D eigenvalue weighted by atomic mass is 35.5. The van der Waals surface area contributed by atoms with Gasteiger partial charge in [0.2, 0.25) is 0 Å². The molecule has 2 N–H and O–H groups in total. The number of nitrogens with one attached hydrogen (secondary N) is 1. The van der Waals surface area contributed by atoms with E-state index in [0.717, 1.165) is 11.0 Å². The van der Waals surface area contributed by atoms with Gasteiger partial charge in [-0.2, -0.15) is 0 Å². The van der Waals surface area contributed by atoms with Gasteiger partial charge in [-0.15, -0.1) is 0 Å². The Morgan fingerprint density at radius 3 is 2.48 bits per heavy atom. The molecule has 29 heavy (non-hydrogen) atoms. The molecule has 1 heterocycles. The molecule has 1 aliphatic heterocycles. The first-order chi connectivity index (χ1) is 13.9. The van der Waals surface area contributed by atoms with Crippen molar-refractivity contribution < 1.29 is 24.2 Å². The summed E-state index contributed by atoms with van der Waals surface area (Å²) in [6.07, 6.45) is 1.13. The van der Waals surface area contributed by atoms with Crippen LogP contribution in [-0.2, 0) is 9.59 Å². The SMILES string of the molecule is CCOc1ccc(C(=O)c2ccc(Cl)c(NC3=CC(=O)N(CCO)C3=O)c2)cc1. The quantitative estimate of drug-likeness (QED) is 0.509. The molecule has 0 bridgehead atoms. The number of aliphatic hydroxyl groups excluding tert-OH is 1. The zero-order valence-electron chi connectivity index (χ0n) is 15.6. The van der Waals surface area contributed by atoms with E-state index in [1.165, 1.54) is 6.07 Å². The number of hydrogen-bond acceptors (Lipinski definition) is 6. The third kappa shape index (κ3) is 4.47. The molecule has 3 rings (SSSR count). The number of anilines is 1. The van der Waals surface area contributed by atoms with Crippen LogP contribution in [0.4, 0.5) is 5.69 Å². The smallest absolute Gasteiger partial charge is 0.277 e. The van der Waals surface area contributed by atoms with Crippen LogP contribution < -0.4 is 10.1 Å². The molecule has 8 heteroatoms. The van der Waals surface area contributed by atoms with Gasteiger partial charge in [-0.1, -0.05) is 11.6 Å². The normalized spacial score (nSPS) is 13.5. The van der Waals surface area contributed by atoms with Gasteiger partial charge in [0.1, 0.15) is 11.4 Å². The summed E-state index contributed by atoms with van der Waals surface area (Å²) in [5, 5.41) is 12.1. The van der Waals surface area contributed by atoms with Crippen LogP contribution in [0.3, 0.4) is 0 Å². The number of aliphatic hydroxyl groups is 1. The maximum Gasteiger partial charge on any atom is 0.277 e. The maximum absolute atomic E-state index is 12.8. The summed E-state index contributed by atoms with van der Waals surface area (Å²) in [7, 11) is 0. The lowest BCUT2D eigenvalue weighted by atomic mass is 10.0. The fraction of sp³-hybridized carbons (Fsp3) is 0.190. The highest BCUT2D eigenvalue weighted by molar-refractivity contribution is 6.33. The molecular weight excluding hydrogens is 396 g/mol. The molecule has 0 radical (unpaired) electrons. The minimum absolute atomic E-state index is 0.0241. The number of hydrogen-bond donors (Lipinski definition) is 2. The predicted octanol–water partition coefficient (Wildman–Crippen LogP) is 2.63. The van der Waals surface area contributed by atoms with E-state index in [2.05, 4.69) is 5.32 Å². The van der Waals surface area contributed by atoms with Gasteiger partial charge in [0.15, 0.2) is 5.78 Å². The number of β-amino-alcohol motifs (C(OH)–C–C–N with tert-alkyl or cyclic N) is 1. The molecule has 0 saturated carbocycles. The summed E-state index contributed by atoms with van der Waals surface area (Å²) in [5.74, 6) is -0.642. The highest BCUT2D eigenvalue weighted by Crippen LogP contribution is 2.27. The summed E-state index contributed by atoms with van der Waals surface area (Å²) < 4.78 is 5.38. The van der Waals surface area contributed by atoms with Crippen LogP contribution in [-0.4, -0.2) is 47.4 Å². The first-order valence-electron chi connectivity index (χ1n) is 8.97. The van der Waals surface area contributed by atoms with E-state index in [-0.39, 0.29) is 29.7 Å². The second-order valence-corrected chi connectivity index (χ2v) is 6.59. The highest BCUT2D eigenvalue weighted by Gasteiger charge is 2.31. The van der Waals surface area contributed by atoms with Gasteiger partial charge in [-0.05, 0) is 49.4 Å². The number of carbonyl (C=O) groups is 3. The second-order valence-electron chi connectivity index (χ2n) is 6.18. The summed E-state index contributed by atoms with van der Waals surface area (Å²) in [6, 6.07) is 11.4. The fourth-order valence-corrected chi connectivity index (χ4v) is 3.02. The topological polar surface area (TPSA) is 95.9 Å². The van der Waals surface area contributed by atoms with E-state index in [9.17, 15) is 14.4 Å². The van der Waals surface area contributed by atoms with Crippen molar-refractivity contribution in [2.24, 2.45) is 0 Å². The van der Waals surface area contributed by atoms with Crippen molar-refractivity contribution in [1.82, 2.24) is 4.90 Å². The van der Waals surface area contributed by atoms with Gasteiger partial charge >= 0.3 is 0 Å². The Kier molecular flexibility index (Phi) is 6.31. The molecule has 7 nitrogen and oxygen atoms in total. The Hall–Kier alpha value is -3.16. The number of imide groups is 1. The molecule has 0 atom stereocenters. The molecule has 0 unspecified atom stereocenters. The van der Waals surface area contributed by atoms with Gasteiger partial charge in [0.25, 0.3) is 11.8 Å². The first-order valence-corrected chi connectivity index (χ1v) is 9.35. The van der Waals surface area contributed by atoms with Crippen LogP contribution in [0.2, 0.25) is 5.02 Å². The van der Waals surface area contributed by atoms with Gasteiger partial charge in [-0.3, -0.25) is 19.3 Å². The zero-order valence-corrected chi connectivity index (χ0v) is 16.4. The van der Waals surface area contributed by atoms with E-state index in [1.54, 1.807) is 36.4 Å². The number of amides is 2. The minimum Gasteiger partial charge on any atom is -0.494 e. The monoisotopic (exact) mass is 414 g/mol. The number of benzene rings is 2. The second kappa shape index (κ2) is 8.89. The van der Waals surface area contributed by atoms with Crippen molar-refractivity contribution in [3.8, 4) is 5.75 Å². The van der Waals surface area contributed by atoms with Crippen molar-refractivity contribution >= 4 is 34.9 Å². The summed E-state index contributed by atoms with van der Waals surface area (Å²) in [4.78, 5) is 37.9. The standard InChI is InChI=1S/C21H19ClN2O5/c1-2-29-15-6-3-13(4-7-15)20(27)14-5-8-16(22)17(11-14)23-18-12-19(26)24(9-10-25)21(18)28/h3-8,11-12,23,25H,2,9-10H2,1H3. The van der Waals surface area contributed by atoms with Crippen LogP contribution in [0, 0.1) is 0 Å².